The van der Waals surface area contributed by atoms with E-state index in [9.17, 15) is 9.59 Å². The number of carbonyl (C=O) groups is 1. The fraction of sp³-hybridized carbons (Fsp3) is 0.227. The fourth-order valence-corrected chi connectivity index (χ4v) is 3.37. The molecule has 3 aromatic rings. The summed E-state index contributed by atoms with van der Waals surface area (Å²) in [6, 6.07) is 12.3. The minimum atomic E-state index is -0.408. The number of aromatic nitrogens is 2. The van der Waals surface area contributed by atoms with Gasteiger partial charge in [-0.25, -0.2) is 0 Å². The summed E-state index contributed by atoms with van der Waals surface area (Å²) < 4.78 is 5.69. The number of fused-ring (bicyclic) bond motifs is 1. The van der Waals surface area contributed by atoms with Gasteiger partial charge in [0.2, 0.25) is 0 Å². The number of nitrogens with one attached hydrogen (secondary N) is 2. The van der Waals surface area contributed by atoms with Crippen molar-refractivity contribution >= 4 is 11.6 Å². The zero-order valence-corrected chi connectivity index (χ0v) is 15.4. The van der Waals surface area contributed by atoms with Crippen molar-refractivity contribution in [2.24, 2.45) is 0 Å². The molecular formula is C22H21N3O3. The first kappa shape index (κ1) is 18.0. The molecule has 0 aliphatic heterocycles. The number of pyridine rings is 2. The van der Waals surface area contributed by atoms with Crippen LogP contribution in [0.2, 0.25) is 0 Å². The van der Waals surface area contributed by atoms with Crippen molar-refractivity contribution in [1.29, 1.82) is 0 Å². The first-order valence-electron chi connectivity index (χ1n) is 9.43. The van der Waals surface area contributed by atoms with E-state index >= 15 is 0 Å². The van der Waals surface area contributed by atoms with Crippen LogP contribution in [0.4, 0.5) is 5.69 Å². The van der Waals surface area contributed by atoms with Gasteiger partial charge >= 0.3 is 0 Å². The van der Waals surface area contributed by atoms with Gasteiger partial charge in [0.1, 0.15) is 17.1 Å². The molecule has 6 nitrogen and oxygen atoms in total. The van der Waals surface area contributed by atoms with Gasteiger partial charge in [-0.15, -0.1) is 0 Å². The van der Waals surface area contributed by atoms with E-state index in [1.54, 1.807) is 48.8 Å². The molecule has 6 heteroatoms. The van der Waals surface area contributed by atoms with Crippen LogP contribution >= 0.6 is 0 Å². The lowest BCUT2D eigenvalue weighted by Gasteiger charge is -2.10. The van der Waals surface area contributed by atoms with Gasteiger partial charge in [0.15, 0.2) is 0 Å². The maximum atomic E-state index is 12.6. The summed E-state index contributed by atoms with van der Waals surface area (Å²) in [5.41, 5.74) is 2.45. The highest BCUT2D eigenvalue weighted by atomic mass is 16.5. The van der Waals surface area contributed by atoms with Crippen molar-refractivity contribution in [2.75, 3.05) is 5.32 Å². The van der Waals surface area contributed by atoms with E-state index in [0.717, 1.165) is 43.4 Å². The van der Waals surface area contributed by atoms with Crippen LogP contribution in [-0.2, 0) is 12.8 Å². The molecular weight excluding hydrogens is 354 g/mol. The molecule has 0 fully saturated rings. The van der Waals surface area contributed by atoms with Gasteiger partial charge in [0.05, 0.1) is 6.20 Å². The van der Waals surface area contributed by atoms with Crippen molar-refractivity contribution in [2.45, 2.75) is 32.1 Å². The highest BCUT2D eigenvalue weighted by Crippen LogP contribution is 2.23. The van der Waals surface area contributed by atoms with E-state index < -0.39 is 5.91 Å². The number of benzene rings is 1. The normalized spacial score (nSPS) is 13.3. The van der Waals surface area contributed by atoms with E-state index in [4.69, 9.17) is 4.74 Å². The lowest BCUT2D eigenvalue weighted by Crippen LogP contribution is -2.25. The van der Waals surface area contributed by atoms with Crippen LogP contribution < -0.4 is 15.6 Å². The van der Waals surface area contributed by atoms with Crippen molar-refractivity contribution in [3.63, 3.8) is 0 Å². The third kappa shape index (κ3) is 4.11. The molecule has 0 atom stereocenters. The Morgan fingerprint density at radius 3 is 2.64 bits per heavy atom. The molecule has 0 radical (unpaired) electrons. The van der Waals surface area contributed by atoms with Crippen LogP contribution in [0.15, 0.2) is 59.7 Å². The van der Waals surface area contributed by atoms with Crippen molar-refractivity contribution in [3.05, 3.63) is 82.0 Å². The number of hydrogen-bond donors (Lipinski definition) is 2. The number of anilines is 1. The first-order valence-corrected chi connectivity index (χ1v) is 9.43. The standard InChI is InChI=1S/C22H21N3O3/c26-21(19-13-15-5-2-1-3-7-20(15)25-22(19)27)24-16-8-10-17(11-9-16)28-18-6-4-12-23-14-18/h4,6,8-14H,1-3,5,7H2,(H,24,26)(H,25,27). The third-order valence-electron chi connectivity index (χ3n) is 4.82. The van der Waals surface area contributed by atoms with Crippen molar-refractivity contribution in [3.8, 4) is 11.5 Å². The van der Waals surface area contributed by atoms with E-state index in [1.807, 2.05) is 6.07 Å². The quantitative estimate of drug-likeness (QED) is 0.673. The molecule has 0 spiro atoms. The smallest absolute Gasteiger partial charge is 0.261 e. The maximum absolute atomic E-state index is 12.6. The number of carbonyl (C=O) groups excluding carboxylic acids is 1. The average molecular weight is 375 g/mol. The van der Waals surface area contributed by atoms with Crippen LogP contribution in [-0.4, -0.2) is 15.9 Å². The zero-order valence-electron chi connectivity index (χ0n) is 15.4. The molecule has 28 heavy (non-hydrogen) atoms. The molecule has 0 bridgehead atoms. The summed E-state index contributed by atoms with van der Waals surface area (Å²) in [5.74, 6) is 0.860. The largest absolute Gasteiger partial charge is 0.456 e. The number of H-pyrrole nitrogens is 1. The molecule has 142 valence electrons. The molecule has 1 aliphatic carbocycles. The molecule has 1 aliphatic rings. The molecule has 4 rings (SSSR count). The molecule has 1 amide bonds. The monoisotopic (exact) mass is 375 g/mol. The summed E-state index contributed by atoms with van der Waals surface area (Å²) in [6.45, 7) is 0. The Morgan fingerprint density at radius 2 is 1.86 bits per heavy atom. The Bertz CT molecular complexity index is 1030. The van der Waals surface area contributed by atoms with Gasteiger partial charge in [-0.05, 0) is 73.7 Å². The first-order chi connectivity index (χ1) is 13.7. The molecule has 0 saturated carbocycles. The Labute approximate surface area is 162 Å². The SMILES string of the molecule is O=C(Nc1ccc(Oc2cccnc2)cc1)c1cc2c([nH]c1=O)CCCCC2. The second kappa shape index (κ2) is 8.08. The van der Waals surface area contributed by atoms with Gasteiger partial charge in [0.25, 0.3) is 11.5 Å². The molecule has 1 aromatic carbocycles. The van der Waals surface area contributed by atoms with Crippen molar-refractivity contribution in [1.82, 2.24) is 9.97 Å². The number of aromatic amines is 1. The predicted molar refractivity (Wildman–Crippen MR) is 107 cm³/mol. The zero-order chi connectivity index (χ0) is 19.3. The number of aryl methyl sites for hydroxylation is 2. The summed E-state index contributed by atoms with van der Waals surface area (Å²) in [5, 5.41) is 2.79. The highest BCUT2D eigenvalue weighted by Gasteiger charge is 2.16. The fourth-order valence-electron chi connectivity index (χ4n) is 3.37. The van der Waals surface area contributed by atoms with Gasteiger partial charge < -0.3 is 15.0 Å². The Hall–Kier alpha value is -3.41. The van der Waals surface area contributed by atoms with E-state index in [2.05, 4.69) is 15.3 Å². The maximum Gasteiger partial charge on any atom is 0.261 e. The average Bonchev–Trinajstić information content (AvgIpc) is 2.94. The lowest BCUT2D eigenvalue weighted by atomic mass is 10.1. The number of ether oxygens (including phenoxy) is 1. The van der Waals surface area contributed by atoms with E-state index in [-0.39, 0.29) is 11.1 Å². The molecule has 0 unspecified atom stereocenters. The molecule has 2 aromatic heterocycles. The van der Waals surface area contributed by atoms with Gasteiger partial charge in [-0.2, -0.15) is 0 Å². The van der Waals surface area contributed by atoms with E-state index in [0.29, 0.717) is 17.2 Å². The summed E-state index contributed by atoms with van der Waals surface area (Å²) in [6.07, 6.45) is 8.36. The molecule has 2 heterocycles. The summed E-state index contributed by atoms with van der Waals surface area (Å²) in [7, 11) is 0. The second-order valence-corrected chi connectivity index (χ2v) is 6.85. The number of nitrogens with zero attached hydrogens (tertiary/aromatic N) is 1. The van der Waals surface area contributed by atoms with Gasteiger partial charge in [0, 0.05) is 17.6 Å². The summed E-state index contributed by atoms with van der Waals surface area (Å²) in [4.78, 5) is 31.9. The lowest BCUT2D eigenvalue weighted by molar-refractivity contribution is 0.102. The van der Waals surface area contributed by atoms with Crippen LogP contribution in [0.25, 0.3) is 0 Å². The van der Waals surface area contributed by atoms with Crippen molar-refractivity contribution < 1.29 is 9.53 Å². The minimum absolute atomic E-state index is 0.149. The van der Waals surface area contributed by atoms with E-state index in [1.165, 1.54) is 0 Å². The Morgan fingerprint density at radius 1 is 1.04 bits per heavy atom. The summed E-state index contributed by atoms with van der Waals surface area (Å²) >= 11 is 0. The third-order valence-corrected chi connectivity index (χ3v) is 4.82. The van der Waals surface area contributed by atoms with Gasteiger partial charge in [-0.3, -0.25) is 14.6 Å². The Kier molecular flexibility index (Phi) is 5.19. The highest BCUT2D eigenvalue weighted by molar-refractivity contribution is 6.04. The van der Waals surface area contributed by atoms with Crippen LogP contribution in [0.3, 0.4) is 0 Å². The van der Waals surface area contributed by atoms with Crippen LogP contribution in [0, 0.1) is 0 Å². The topological polar surface area (TPSA) is 84.1 Å². The number of hydrogen-bond acceptors (Lipinski definition) is 4. The minimum Gasteiger partial charge on any atom is -0.456 e. The molecule has 2 N–H and O–H groups in total. The predicted octanol–water partition coefficient (Wildman–Crippen LogP) is 4.08. The molecule has 0 saturated heterocycles. The number of rotatable bonds is 4. The number of amides is 1. The van der Waals surface area contributed by atoms with Crippen LogP contribution in [0.1, 0.15) is 40.9 Å². The second-order valence-electron chi connectivity index (χ2n) is 6.85. The van der Waals surface area contributed by atoms with Gasteiger partial charge in [-0.1, -0.05) is 6.42 Å². The Balaban J connectivity index is 1.48. The van der Waals surface area contributed by atoms with Crippen LogP contribution in [0.5, 0.6) is 11.5 Å².